The van der Waals surface area contributed by atoms with Crippen LogP contribution in [0.5, 0.6) is 23.1 Å². The van der Waals surface area contributed by atoms with E-state index in [1.54, 1.807) is 25.3 Å². The number of ether oxygens (including phenoxy) is 2. The molecule has 7 heteroatoms. The van der Waals surface area contributed by atoms with Gasteiger partial charge in [-0.15, -0.1) is 0 Å². The average molecular weight is 336 g/mol. The van der Waals surface area contributed by atoms with Crippen molar-refractivity contribution in [2.24, 2.45) is 0 Å². The highest BCUT2D eigenvalue weighted by Gasteiger charge is 2.32. The summed E-state index contributed by atoms with van der Waals surface area (Å²) in [5, 5.41) is 18.1. The Morgan fingerprint density at radius 3 is 2.72 bits per heavy atom. The minimum absolute atomic E-state index is 0.103. The van der Waals surface area contributed by atoms with Gasteiger partial charge in [-0.1, -0.05) is 18.2 Å². The molecule has 0 bridgehead atoms. The molecule has 0 aliphatic carbocycles. The van der Waals surface area contributed by atoms with Gasteiger partial charge in [-0.25, -0.2) is 9.66 Å². The monoisotopic (exact) mass is 336 g/mol. The molecule has 1 aliphatic rings. The Morgan fingerprint density at radius 2 is 2.00 bits per heavy atom. The van der Waals surface area contributed by atoms with Crippen LogP contribution in [0.25, 0.3) is 0 Å². The SMILES string of the molecule is COc1ccc(C2c3ccc(O)cc3Oc3ncn(N)c(=N)c32)cc1. The molecule has 1 aromatic heterocycles. The van der Waals surface area contributed by atoms with E-state index in [2.05, 4.69) is 4.98 Å². The Labute approximate surface area is 143 Å². The third kappa shape index (κ3) is 2.37. The number of nitrogens with zero attached hydrogens (tertiary/aromatic N) is 2. The van der Waals surface area contributed by atoms with E-state index in [0.29, 0.717) is 17.2 Å². The maximum atomic E-state index is 9.78. The molecule has 3 aromatic rings. The van der Waals surface area contributed by atoms with Crippen molar-refractivity contribution in [3.05, 3.63) is 71.0 Å². The second-order valence-electron chi connectivity index (χ2n) is 5.75. The summed E-state index contributed by atoms with van der Waals surface area (Å²) in [5.41, 5.74) is 2.47. The lowest BCUT2D eigenvalue weighted by Crippen LogP contribution is -2.33. The largest absolute Gasteiger partial charge is 0.508 e. The van der Waals surface area contributed by atoms with E-state index < -0.39 is 0 Å². The highest BCUT2D eigenvalue weighted by molar-refractivity contribution is 5.57. The number of methoxy groups -OCH3 is 1. The van der Waals surface area contributed by atoms with Gasteiger partial charge in [-0.2, -0.15) is 0 Å². The number of aromatic nitrogens is 2. The van der Waals surface area contributed by atoms with Gasteiger partial charge in [0.15, 0.2) is 5.49 Å². The van der Waals surface area contributed by atoms with E-state index in [-0.39, 0.29) is 17.2 Å². The molecule has 0 spiro atoms. The molecular weight excluding hydrogens is 320 g/mol. The quantitative estimate of drug-likeness (QED) is 0.486. The number of phenols is 1. The molecule has 0 fully saturated rings. The molecule has 4 rings (SSSR count). The Bertz CT molecular complexity index is 1010. The van der Waals surface area contributed by atoms with Crippen LogP contribution in [0.1, 0.15) is 22.6 Å². The van der Waals surface area contributed by atoms with E-state index in [1.165, 1.54) is 6.33 Å². The molecule has 1 aliphatic heterocycles. The standard InChI is InChI=1S/C18H16N4O3/c1-24-12-5-2-10(3-6-12)15-13-7-4-11(23)8-14(13)25-18-16(15)17(19)22(20)9-21-18/h2-9,15,19,23H,20H2,1H3. The summed E-state index contributed by atoms with van der Waals surface area (Å²) < 4.78 is 12.2. The van der Waals surface area contributed by atoms with Crippen LogP contribution in [-0.2, 0) is 0 Å². The van der Waals surface area contributed by atoms with Gasteiger partial charge in [-0.3, -0.25) is 5.41 Å². The number of rotatable bonds is 2. The van der Waals surface area contributed by atoms with Crippen LogP contribution in [-0.4, -0.2) is 21.9 Å². The van der Waals surface area contributed by atoms with E-state index in [9.17, 15) is 5.11 Å². The topological polar surface area (TPSA) is 106 Å². The first-order chi connectivity index (χ1) is 12.1. The molecule has 0 radical (unpaired) electrons. The third-order valence-electron chi connectivity index (χ3n) is 4.30. The van der Waals surface area contributed by atoms with Gasteiger partial charge in [0.05, 0.1) is 12.7 Å². The normalized spacial score (nSPS) is 15.0. The van der Waals surface area contributed by atoms with Crippen molar-refractivity contribution in [2.45, 2.75) is 5.92 Å². The molecule has 0 saturated carbocycles. The van der Waals surface area contributed by atoms with Crippen molar-refractivity contribution in [1.29, 1.82) is 5.41 Å². The number of nitrogens with one attached hydrogen (secondary N) is 1. The predicted octanol–water partition coefficient (Wildman–Crippen LogP) is 2.08. The van der Waals surface area contributed by atoms with Crippen LogP contribution in [0.3, 0.4) is 0 Å². The van der Waals surface area contributed by atoms with Crippen LogP contribution < -0.4 is 20.8 Å². The van der Waals surface area contributed by atoms with E-state index in [0.717, 1.165) is 21.6 Å². The fourth-order valence-corrected chi connectivity index (χ4v) is 3.08. The first kappa shape index (κ1) is 15.1. The van der Waals surface area contributed by atoms with E-state index >= 15 is 0 Å². The zero-order valence-electron chi connectivity index (χ0n) is 13.4. The number of hydrogen-bond acceptors (Lipinski definition) is 6. The zero-order valence-corrected chi connectivity index (χ0v) is 13.4. The fourth-order valence-electron chi connectivity index (χ4n) is 3.08. The number of fused-ring (bicyclic) bond motifs is 2. The van der Waals surface area contributed by atoms with Gasteiger partial charge in [0.2, 0.25) is 5.88 Å². The van der Waals surface area contributed by atoms with Crippen LogP contribution >= 0.6 is 0 Å². The summed E-state index contributed by atoms with van der Waals surface area (Å²) in [7, 11) is 1.61. The minimum Gasteiger partial charge on any atom is -0.508 e. The number of aromatic hydroxyl groups is 1. The lowest BCUT2D eigenvalue weighted by Gasteiger charge is -2.28. The molecule has 4 N–H and O–H groups in total. The maximum Gasteiger partial charge on any atom is 0.228 e. The smallest absolute Gasteiger partial charge is 0.228 e. The molecule has 2 heterocycles. The molecule has 2 aromatic carbocycles. The van der Waals surface area contributed by atoms with Crippen LogP contribution in [0.4, 0.5) is 0 Å². The highest BCUT2D eigenvalue weighted by Crippen LogP contribution is 2.45. The van der Waals surface area contributed by atoms with Crippen LogP contribution in [0, 0.1) is 5.41 Å². The predicted molar refractivity (Wildman–Crippen MR) is 90.4 cm³/mol. The molecule has 1 atom stereocenters. The summed E-state index contributed by atoms with van der Waals surface area (Å²) in [6.07, 6.45) is 1.33. The number of hydrogen-bond donors (Lipinski definition) is 3. The van der Waals surface area contributed by atoms with Gasteiger partial charge >= 0.3 is 0 Å². The molecular formula is C18H16N4O3. The van der Waals surface area contributed by atoms with Crippen LogP contribution in [0.2, 0.25) is 0 Å². The zero-order chi connectivity index (χ0) is 17.6. The van der Waals surface area contributed by atoms with E-state index in [1.807, 2.05) is 24.3 Å². The lowest BCUT2D eigenvalue weighted by atomic mass is 9.84. The molecule has 126 valence electrons. The summed E-state index contributed by atoms with van der Waals surface area (Å²) in [6, 6.07) is 12.5. The minimum atomic E-state index is -0.291. The number of phenolic OH excluding ortho intramolecular Hbond substituents is 1. The lowest BCUT2D eigenvalue weighted by molar-refractivity contribution is 0.413. The Hall–Kier alpha value is -3.48. The van der Waals surface area contributed by atoms with Gasteiger partial charge < -0.3 is 20.4 Å². The van der Waals surface area contributed by atoms with Crippen molar-refractivity contribution < 1.29 is 14.6 Å². The number of nitrogens with two attached hydrogens (primary N) is 1. The van der Waals surface area contributed by atoms with Gasteiger partial charge in [0.1, 0.15) is 23.6 Å². The molecule has 0 amide bonds. The van der Waals surface area contributed by atoms with Gasteiger partial charge in [-0.05, 0) is 23.8 Å². The summed E-state index contributed by atoms with van der Waals surface area (Å²) in [6.45, 7) is 0. The maximum absolute atomic E-state index is 9.78. The molecule has 0 saturated heterocycles. The van der Waals surface area contributed by atoms with Crippen molar-refractivity contribution in [1.82, 2.24) is 9.66 Å². The summed E-state index contributed by atoms with van der Waals surface area (Å²) in [5.74, 6) is 7.20. The summed E-state index contributed by atoms with van der Waals surface area (Å²) in [4.78, 5) is 4.21. The Balaban J connectivity index is 1.98. The molecule has 1 unspecified atom stereocenters. The Morgan fingerprint density at radius 1 is 1.24 bits per heavy atom. The molecule has 7 nitrogen and oxygen atoms in total. The number of benzene rings is 2. The fraction of sp³-hybridized carbons (Fsp3) is 0.111. The highest BCUT2D eigenvalue weighted by atomic mass is 16.5. The van der Waals surface area contributed by atoms with E-state index in [4.69, 9.17) is 20.7 Å². The second kappa shape index (κ2) is 5.55. The Kier molecular flexibility index (Phi) is 3.35. The molecule has 25 heavy (non-hydrogen) atoms. The first-order valence-corrected chi connectivity index (χ1v) is 7.64. The number of nitrogen functional groups attached to an aromatic ring is 1. The van der Waals surface area contributed by atoms with Crippen molar-refractivity contribution in [3.8, 4) is 23.1 Å². The van der Waals surface area contributed by atoms with Crippen LogP contribution in [0.15, 0.2) is 48.8 Å². The third-order valence-corrected chi connectivity index (χ3v) is 4.30. The van der Waals surface area contributed by atoms with Gasteiger partial charge in [0, 0.05) is 17.5 Å². The van der Waals surface area contributed by atoms with Crippen molar-refractivity contribution in [2.75, 3.05) is 13.0 Å². The second-order valence-corrected chi connectivity index (χ2v) is 5.75. The first-order valence-electron chi connectivity index (χ1n) is 7.64. The summed E-state index contributed by atoms with van der Waals surface area (Å²) >= 11 is 0. The van der Waals surface area contributed by atoms with Gasteiger partial charge in [0.25, 0.3) is 0 Å². The average Bonchev–Trinajstić information content (AvgIpc) is 2.63. The van der Waals surface area contributed by atoms with Crippen molar-refractivity contribution >= 4 is 0 Å². The van der Waals surface area contributed by atoms with Crippen molar-refractivity contribution in [3.63, 3.8) is 0 Å².